The third-order valence-electron chi connectivity index (χ3n) is 3.07. The maximum Gasteiger partial charge on any atom is 0.119 e. The summed E-state index contributed by atoms with van der Waals surface area (Å²) < 4.78 is 11.2. The summed E-state index contributed by atoms with van der Waals surface area (Å²) in [4.78, 5) is 0. The molecule has 0 aliphatic rings. The number of benzene rings is 1. The Morgan fingerprint density at radius 3 is 2.35 bits per heavy atom. The van der Waals surface area contributed by atoms with Crippen LogP contribution in [0.3, 0.4) is 0 Å². The van der Waals surface area contributed by atoms with Crippen molar-refractivity contribution in [3.8, 4) is 5.75 Å². The maximum absolute atomic E-state index is 5.68. The number of hydrogen-bond donors (Lipinski definition) is 1. The van der Waals surface area contributed by atoms with Crippen LogP contribution in [0.25, 0.3) is 0 Å². The molecule has 114 valence electrons. The molecule has 0 bridgehead atoms. The van der Waals surface area contributed by atoms with Gasteiger partial charge in [-0.15, -0.1) is 0 Å². The molecule has 0 fully saturated rings. The van der Waals surface area contributed by atoms with Gasteiger partial charge in [0.05, 0.1) is 6.61 Å². The summed E-state index contributed by atoms with van der Waals surface area (Å²) in [6.45, 7) is 8.47. The Hall–Kier alpha value is -1.06. The van der Waals surface area contributed by atoms with Gasteiger partial charge in [0.2, 0.25) is 0 Å². The Kier molecular flexibility index (Phi) is 9.98. The first-order valence-corrected chi connectivity index (χ1v) is 7.87. The molecule has 0 heterocycles. The van der Waals surface area contributed by atoms with Gasteiger partial charge in [-0.05, 0) is 30.5 Å². The normalized spacial score (nSPS) is 10.7. The first kappa shape index (κ1) is 17.0. The highest BCUT2D eigenvalue weighted by Crippen LogP contribution is 2.12. The second-order valence-corrected chi connectivity index (χ2v) is 4.96. The second kappa shape index (κ2) is 11.7. The summed E-state index contributed by atoms with van der Waals surface area (Å²) in [7, 11) is 0. The van der Waals surface area contributed by atoms with Crippen LogP contribution in [0.5, 0.6) is 5.75 Å². The summed E-state index contributed by atoms with van der Waals surface area (Å²) >= 11 is 0. The molecule has 1 aromatic carbocycles. The van der Waals surface area contributed by atoms with Crippen LogP contribution in [0.2, 0.25) is 0 Å². The summed E-state index contributed by atoms with van der Waals surface area (Å²) in [6, 6.07) is 8.40. The molecular weight excluding hydrogens is 250 g/mol. The summed E-state index contributed by atoms with van der Waals surface area (Å²) in [5.74, 6) is 0.950. The Labute approximate surface area is 123 Å². The topological polar surface area (TPSA) is 30.5 Å². The standard InChI is InChI=1S/C17H29NO2/c1-3-5-13-19-14-11-18-12-15-20-17-9-7-16(6-4-2)8-10-17/h7-10,18H,3-6,11-15H2,1-2H3. The molecule has 3 heteroatoms. The molecule has 0 radical (unpaired) electrons. The molecule has 0 aromatic heterocycles. The largest absolute Gasteiger partial charge is 0.492 e. The molecule has 1 aromatic rings. The van der Waals surface area contributed by atoms with Crippen LogP contribution in [0.15, 0.2) is 24.3 Å². The van der Waals surface area contributed by atoms with Crippen molar-refractivity contribution >= 4 is 0 Å². The highest BCUT2D eigenvalue weighted by atomic mass is 16.5. The van der Waals surface area contributed by atoms with E-state index in [1.54, 1.807) is 0 Å². The second-order valence-electron chi connectivity index (χ2n) is 4.96. The van der Waals surface area contributed by atoms with E-state index in [4.69, 9.17) is 9.47 Å². The number of rotatable bonds is 12. The maximum atomic E-state index is 5.68. The number of aryl methyl sites for hydroxylation is 1. The van der Waals surface area contributed by atoms with E-state index in [1.807, 2.05) is 0 Å². The lowest BCUT2D eigenvalue weighted by molar-refractivity contribution is 0.132. The quantitative estimate of drug-likeness (QED) is 0.595. The fraction of sp³-hybridized carbons (Fsp3) is 0.647. The van der Waals surface area contributed by atoms with Gasteiger partial charge in [0, 0.05) is 19.7 Å². The number of hydrogen-bond acceptors (Lipinski definition) is 3. The summed E-state index contributed by atoms with van der Waals surface area (Å²) in [5, 5.41) is 3.31. The van der Waals surface area contributed by atoms with Crippen molar-refractivity contribution in [1.29, 1.82) is 0 Å². The lowest BCUT2D eigenvalue weighted by Crippen LogP contribution is -2.25. The zero-order valence-electron chi connectivity index (χ0n) is 13.0. The number of unbranched alkanes of at least 4 members (excludes halogenated alkanes) is 1. The van der Waals surface area contributed by atoms with E-state index >= 15 is 0 Å². The van der Waals surface area contributed by atoms with Crippen LogP contribution < -0.4 is 10.1 Å². The molecule has 20 heavy (non-hydrogen) atoms. The molecular formula is C17H29NO2. The average Bonchev–Trinajstić information content (AvgIpc) is 2.47. The molecule has 3 nitrogen and oxygen atoms in total. The molecule has 1 rings (SSSR count). The summed E-state index contributed by atoms with van der Waals surface area (Å²) in [5.41, 5.74) is 1.38. The van der Waals surface area contributed by atoms with E-state index in [1.165, 1.54) is 18.4 Å². The molecule has 0 unspecified atom stereocenters. The van der Waals surface area contributed by atoms with Crippen molar-refractivity contribution in [1.82, 2.24) is 5.32 Å². The van der Waals surface area contributed by atoms with Gasteiger partial charge in [0.25, 0.3) is 0 Å². The highest BCUT2D eigenvalue weighted by Gasteiger charge is 1.95. The number of nitrogens with one attached hydrogen (secondary N) is 1. The molecule has 1 N–H and O–H groups in total. The smallest absolute Gasteiger partial charge is 0.119 e. The van der Waals surface area contributed by atoms with Gasteiger partial charge >= 0.3 is 0 Å². The minimum atomic E-state index is 0.697. The van der Waals surface area contributed by atoms with Gasteiger partial charge in [0.1, 0.15) is 12.4 Å². The molecule has 0 saturated carbocycles. The van der Waals surface area contributed by atoms with Crippen molar-refractivity contribution in [2.75, 3.05) is 32.9 Å². The van der Waals surface area contributed by atoms with E-state index in [9.17, 15) is 0 Å². The third kappa shape index (κ3) is 8.18. The minimum absolute atomic E-state index is 0.697. The number of ether oxygens (including phenoxy) is 2. The van der Waals surface area contributed by atoms with Gasteiger partial charge in [-0.1, -0.05) is 38.8 Å². The first-order chi connectivity index (χ1) is 9.86. The average molecular weight is 279 g/mol. The lowest BCUT2D eigenvalue weighted by atomic mass is 10.1. The Morgan fingerprint density at radius 1 is 0.900 bits per heavy atom. The first-order valence-electron chi connectivity index (χ1n) is 7.87. The van der Waals surface area contributed by atoms with Crippen molar-refractivity contribution < 1.29 is 9.47 Å². The molecule has 0 amide bonds. The predicted molar refractivity (Wildman–Crippen MR) is 84.5 cm³/mol. The van der Waals surface area contributed by atoms with Gasteiger partial charge in [-0.3, -0.25) is 0 Å². The highest BCUT2D eigenvalue weighted by molar-refractivity contribution is 5.27. The van der Waals surface area contributed by atoms with Crippen molar-refractivity contribution in [2.24, 2.45) is 0 Å². The molecule has 0 atom stereocenters. The minimum Gasteiger partial charge on any atom is -0.492 e. The monoisotopic (exact) mass is 279 g/mol. The molecule has 0 aliphatic carbocycles. The fourth-order valence-electron chi connectivity index (χ4n) is 1.90. The van der Waals surface area contributed by atoms with Gasteiger partial charge in [-0.25, -0.2) is 0 Å². The van der Waals surface area contributed by atoms with Gasteiger partial charge < -0.3 is 14.8 Å². The Bertz CT molecular complexity index is 324. The zero-order chi connectivity index (χ0) is 14.5. The van der Waals surface area contributed by atoms with Crippen LogP contribution in [0.4, 0.5) is 0 Å². The summed E-state index contributed by atoms with van der Waals surface area (Å²) in [6.07, 6.45) is 4.67. The van der Waals surface area contributed by atoms with Gasteiger partial charge in [-0.2, -0.15) is 0 Å². The van der Waals surface area contributed by atoms with E-state index in [0.29, 0.717) is 6.61 Å². The van der Waals surface area contributed by atoms with Crippen LogP contribution in [-0.2, 0) is 11.2 Å². The fourth-order valence-corrected chi connectivity index (χ4v) is 1.90. The van der Waals surface area contributed by atoms with E-state index in [0.717, 1.165) is 44.9 Å². The zero-order valence-corrected chi connectivity index (χ0v) is 13.0. The predicted octanol–water partition coefficient (Wildman–Crippen LogP) is 3.42. The van der Waals surface area contributed by atoms with Crippen LogP contribution in [-0.4, -0.2) is 32.9 Å². The van der Waals surface area contributed by atoms with E-state index in [-0.39, 0.29) is 0 Å². The molecule has 0 aliphatic heterocycles. The third-order valence-corrected chi connectivity index (χ3v) is 3.07. The SMILES string of the molecule is CCCCOCCNCCOc1ccc(CCC)cc1. The van der Waals surface area contributed by atoms with Crippen LogP contribution in [0.1, 0.15) is 38.7 Å². The Morgan fingerprint density at radius 2 is 1.65 bits per heavy atom. The van der Waals surface area contributed by atoms with Crippen LogP contribution in [0, 0.1) is 0 Å². The van der Waals surface area contributed by atoms with Gasteiger partial charge in [0.15, 0.2) is 0 Å². The van der Waals surface area contributed by atoms with Crippen molar-refractivity contribution in [3.63, 3.8) is 0 Å². The van der Waals surface area contributed by atoms with E-state index < -0.39 is 0 Å². The van der Waals surface area contributed by atoms with Crippen molar-refractivity contribution in [2.45, 2.75) is 39.5 Å². The Balaban J connectivity index is 1.98. The molecule has 0 saturated heterocycles. The van der Waals surface area contributed by atoms with Crippen molar-refractivity contribution in [3.05, 3.63) is 29.8 Å². The van der Waals surface area contributed by atoms with Crippen LogP contribution >= 0.6 is 0 Å². The molecule has 0 spiro atoms. The lowest BCUT2D eigenvalue weighted by Gasteiger charge is -2.08. The van der Waals surface area contributed by atoms with E-state index in [2.05, 4.69) is 43.4 Å².